The number of rotatable bonds is 1. The first-order chi connectivity index (χ1) is 8.36. The van der Waals surface area contributed by atoms with E-state index in [1.54, 1.807) is 12.7 Å². The maximum absolute atomic E-state index is 5.29. The zero-order valence-electron chi connectivity index (χ0n) is 9.81. The van der Waals surface area contributed by atoms with Gasteiger partial charge in [-0.15, -0.1) is 0 Å². The van der Waals surface area contributed by atoms with Gasteiger partial charge in [-0.2, -0.15) is 0 Å². The Bertz CT molecular complexity index is 639. The highest BCUT2D eigenvalue weighted by Gasteiger charge is 2.33. The van der Waals surface area contributed by atoms with E-state index in [1.165, 1.54) is 22.8 Å². The lowest BCUT2D eigenvalue weighted by Gasteiger charge is -2.14. The van der Waals surface area contributed by atoms with Gasteiger partial charge in [0, 0.05) is 11.8 Å². The van der Waals surface area contributed by atoms with Crippen LogP contribution in [-0.4, -0.2) is 7.11 Å². The second-order valence-corrected chi connectivity index (χ2v) is 4.99. The van der Waals surface area contributed by atoms with Gasteiger partial charge in [0.15, 0.2) is 0 Å². The van der Waals surface area contributed by atoms with Crippen LogP contribution in [0.4, 0.5) is 0 Å². The fourth-order valence-corrected chi connectivity index (χ4v) is 3.36. The van der Waals surface area contributed by atoms with Crippen molar-refractivity contribution in [2.75, 3.05) is 7.11 Å². The zero-order valence-corrected chi connectivity index (χ0v) is 9.81. The van der Waals surface area contributed by atoms with E-state index in [-0.39, 0.29) is 0 Å². The average molecular weight is 222 g/mol. The molecule has 2 atom stereocenters. The Hall–Kier alpha value is -1.76. The number of allylic oxidation sites excluding steroid dienone is 2. The van der Waals surface area contributed by atoms with Gasteiger partial charge in [-0.05, 0) is 40.5 Å². The smallest absolute Gasteiger partial charge is 0.119 e. The van der Waals surface area contributed by atoms with Crippen molar-refractivity contribution in [2.45, 2.75) is 18.3 Å². The van der Waals surface area contributed by atoms with Gasteiger partial charge in [0.25, 0.3) is 0 Å². The summed E-state index contributed by atoms with van der Waals surface area (Å²) in [5, 5.41) is 2.70. The van der Waals surface area contributed by atoms with Gasteiger partial charge in [0.2, 0.25) is 0 Å². The molecule has 0 amide bonds. The molecule has 2 aromatic rings. The first-order valence-corrected chi connectivity index (χ1v) is 6.15. The molecule has 2 aromatic carbocycles. The summed E-state index contributed by atoms with van der Waals surface area (Å²) < 4.78 is 5.29. The lowest BCUT2D eigenvalue weighted by molar-refractivity contribution is 0.415. The Morgan fingerprint density at radius 2 is 1.94 bits per heavy atom. The molecule has 1 heteroatoms. The van der Waals surface area contributed by atoms with Gasteiger partial charge >= 0.3 is 0 Å². The van der Waals surface area contributed by atoms with Gasteiger partial charge < -0.3 is 4.74 Å². The molecule has 0 heterocycles. The van der Waals surface area contributed by atoms with Crippen LogP contribution in [0.25, 0.3) is 10.8 Å². The third-order valence-electron chi connectivity index (χ3n) is 4.16. The molecule has 0 fully saturated rings. The second kappa shape index (κ2) is 3.13. The van der Waals surface area contributed by atoms with Crippen LogP contribution < -0.4 is 4.74 Å². The molecule has 1 nitrogen and oxygen atoms in total. The molecule has 2 aliphatic rings. The van der Waals surface area contributed by atoms with Crippen LogP contribution >= 0.6 is 0 Å². The number of ether oxygens (including phenoxy) is 1. The van der Waals surface area contributed by atoms with E-state index in [9.17, 15) is 0 Å². The van der Waals surface area contributed by atoms with Crippen LogP contribution in [0.15, 0.2) is 42.5 Å². The van der Waals surface area contributed by atoms with E-state index in [4.69, 9.17) is 4.74 Å². The average Bonchev–Trinajstić information content (AvgIpc) is 2.99. The van der Waals surface area contributed by atoms with E-state index < -0.39 is 0 Å². The highest BCUT2D eigenvalue weighted by molar-refractivity contribution is 5.90. The first kappa shape index (κ1) is 9.29. The van der Waals surface area contributed by atoms with Gasteiger partial charge in [-0.3, -0.25) is 0 Å². The van der Waals surface area contributed by atoms with Crippen LogP contribution in [0.2, 0.25) is 0 Å². The minimum atomic E-state index is 0.645. The summed E-state index contributed by atoms with van der Waals surface area (Å²) in [7, 11) is 1.72. The summed E-state index contributed by atoms with van der Waals surface area (Å²) in [6, 6.07) is 10.9. The van der Waals surface area contributed by atoms with E-state index in [2.05, 4.69) is 42.5 Å². The molecule has 0 aliphatic heterocycles. The zero-order chi connectivity index (χ0) is 11.4. The van der Waals surface area contributed by atoms with Crippen molar-refractivity contribution in [2.24, 2.45) is 0 Å². The van der Waals surface area contributed by atoms with E-state index in [0.29, 0.717) is 11.8 Å². The van der Waals surface area contributed by atoms with Crippen LogP contribution in [0.3, 0.4) is 0 Å². The number of fused-ring (bicyclic) bond motifs is 7. The topological polar surface area (TPSA) is 9.23 Å². The molecule has 2 bridgehead atoms. The summed E-state index contributed by atoms with van der Waals surface area (Å²) in [6.45, 7) is 0. The highest BCUT2D eigenvalue weighted by atomic mass is 16.5. The number of benzene rings is 2. The lowest BCUT2D eigenvalue weighted by atomic mass is 9.91. The third-order valence-corrected chi connectivity index (χ3v) is 4.16. The molecule has 2 aliphatic carbocycles. The van der Waals surface area contributed by atoms with Crippen molar-refractivity contribution in [3.8, 4) is 5.75 Å². The van der Waals surface area contributed by atoms with Crippen molar-refractivity contribution in [3.05, 3.63) is 53.6 Å². The molecule has 2 unspecified atom stereocenters. The monoisotopic (exact) mass is 222 g/mol. The van der Waals surface area contributed by atoms with Gasteiger partial charge in [0.1, 0.15) is 5.75 Å². The molecule has 0 saturated heterocycles. The number of hydrogen-bond donors (Lipinski definition) is 0. The second-order valence-electron chi connectivity index (χ2n) is 4.99. The van der Waals surface area contributed by atoms with Crippen molar-refractivity contribution in [3.63, 3.8) is 0 Å². The van der Waals surface area contributed by atoms with Crippen LogP contribution in [0.1, 0.15) is 29.4 Å². The summed E-state index contributed by atoms with van der Waals surface area (Å²) >= 11 is 0. The first-order valence-electron chi connectivity index (χ1n) is 6.15. The summed E-state index contributed by atoms with van der Waals surface area (Å²) in [5.74, 6) is 2.25. The Morgan fingerprint density at radius 3 is 2.82 bits per heavy atom. The molecule has 0 aromatic heterocycles. The summed E-state index contributed by atoms with van der Waals surface area (Å²) in [6.07, 6.45) is 6.01. The molecule has 0 N–H and O–H groups in total. The summed E-state index contributed by atoms with van der Waals surface area (Å²) in [5.41, 5.74) is 3.09. The van der Waals surface area contributed by atoms with E-state index in [1.807, 2.05) is 0 Å². The van der Waals surface area contributed by atoms with Crippen LogP contribution in [0, 0.1) is 0 Å². The number of hydrogen-bond acceptors (Lipinski definition) is 1. The largest absolute Gasteiger partial charge is 0.497 e. The molecule has 84 valence electrons. The SMILES string of the molecule is COc1ccc2c3c(ccc2c1)C1C=CC3C1. The van der Waals surface area contributed by atoms with E-state index >= 15 is 0 Å². The van der Waals surface area contributed by atoms with Crippen molar-refractivity contribution < 1.29 is 4.74 Å². The normalized spacial score (nSPS) is 24.3. The Labute approximate surface area is 101 Å². The lowest BCUT2D eigenvalue weighted by Crippen LogP contribution is -1.94. The fourth-order valence-electron chi connectivity index (χ4n) is 3.36. The van der Waals surface area contributed by atoms with E-state index in [0.717, 1.165) is 5.75 Å². The van der Waals surface area contributed by atoms with Crippen molar-refractivity contribution >= 4 is 10.8 Å². The quantitative estimate of drug-likeness (QED) is 0.663. The minimum Gasteiger partial charge on any atom is -0.497 e. The third kappa shape index (κ3) is 1.14. The standard InChI is InChI=1S/C16H14O/c1-17-13-5-7-15-11(9-13)4-6-14-10-2-3-12(8-10)16(14)15/h2-7,9-10,12H,8H2,1H3. The van der Waals surface area contributed by atoms with Gasteiger partial charge in [-0.25, -0.2) is 0 Å². The molecule has 17 heavy (non-hydrogen) atoms. The maximum atomic E-state index is 5.29. The maximum Gasteiger partial charge on any atom is 0.119 e. The minimum absolute atomic E-state index is 0.645. The Kier molecular flexibility index (Phi) is 1.71. The van der Waals surface area contributed by atoms with Crippen LogP contribution in [0.5, 0.6) is 5.75 Å². The molecule has 0 saturated carbocycles. The molecular formula is C16H14O. The van der Waals surface area contributed by atoms with Gasteiger partial charge in [-0.1, -0.05) is 30.4 Å². The Morgan fingerprint density at radius 1 is 1.06 bits per heavy atom. The van der Waals surface area contributed by atoms with Crippen LogP contribution in [-0.2, 0) is 0 Å². The molecular weight excluding hydrogens is 208 g/mol. The highest BCUT2D eigenvalue weighted by Crippen LogP contribution is 2.50. The van der Waals surface area contributed by atoms with Gasteiger partial charge in [0.05, 0.1) is 7.11 Å². The molecule has 0 radical (unpaired) electrons. The molecule has 4 rings (SSSR count). The predicted molar refractivity (Wildman–Crippen MR) is 69.7 cm³/mol. The van der Waals surface area contributed by atoms with Crippen molar-refractivity contribution in [1.29, 1.82) is 0 Å². The predicted octanol–water partition coefficient (Wildman–Crippen LogP) is 3.99. The summed E-state index contributed by atoms with van der Waals surface area (Å²) in [4.78, 5) is 0. The number of methoxy groups -OCH3 is 1. The van der Waals surface area contributed by atoms with Crippen molar-refractivity contribution in [1.82, 2.24) is 0 Å². The molecule has 0 spiro atoms. The Balaban J connectivity index is 2.03. The fraction of sp³-hybridized carbons (Fsp3) is 0.250.